The molecule has 1 heterocycles. The van der Waals surface area contributed by atoms with Gasteiger partial charge >= 0.3 is 0 Å². The summed E-state index contributed by atoms with van der Waals surface area (Å²) in [6.07, 6.45) is 1.27. The van der Waals surface area contributed by atoms with E-state index in [9.17, 15) is 0 Å². The van der Waals surface area contributed by atoms with Crippen LogP contribution < -0.4 is 5.32 Å². The summed E-state index contributed by atoms with van der Waals surface area (Å²) in [7, 11) is 0. The Kier molecular flexibility index (Phi) is 3.87. The first-order valence-corrected chi connectivity index (χ1v) is 6.68. The fraction of sp³-hybridized carbons (Fsp3) is 0.462. The maximum atomic E-state index is 8.70. The third-order valence-electron chi connectivity index (χ3n) is 3.03. The highest BCUT2D eigenvalue weighted by Gasteiger charge is 2.22. The summed E-state index contributed by atoms with van der Waals surface area (Å²) in [5.74, 6) is 1.27. The smallest absolute Gasteiger partial charge is 0.0991 e. The molecule has 0 spiro atoms. The average molecular weight is 232 g/mol. The van der Waals surface area contributed by atoms with Gasteiger partial charge in [0, 0.05) is 17.8 Å². The molecule has 1 aliphatic rings. The number of benzene rings is 1. The molecule has 1 saturated heterocycles. The van der Waals surface area contributed by atoms with Gasteiger partial charge in [0.2, 0.25) is 0 Å². The third kappa shape index (κ3) is 2.78. The molecule has 0 saturated carbocycles. The van der Waals surface area contributed by atoms with Crippen molar-refractivity contribution in [3.63, 3.8) is 0 Å². The molecule has 2 atom stereocenters. The van der Waals surface area contributed by atoms with Crippen LogP contribution in [-0.4, -0.2) is 17.0 Å². The van der Waals surface area contributed by atoms with Crippen molar-refractivity contribution < 1.29 is 0 Å². The molecular formula is C13H16N2S. The monoisotopic (exact) mass is 232 g/mol. The van der Waals surface area contributed by atoms with Crippen LogP contribution in [-0.2, 0) is 6.54 Å². The molecule has 0 aromatic heterocycles. The molecule has 2 unspecified atom stereocenters. The van der Waals surface area contributed by atoms with Crippen molar-refractivity contribution in [2.75, 3.05) is 5.75 Å². The number of nitrogens with one attached hydrogen (secondary N) is 1. The lowest BCUT2D eigenvalue weighted by molar-refractivity contribution is 0.513. The van der Waals surface area contributed by atoms with Crippen molar-refractivity contribution >= 4 is 11.8 Å². The zero-order valence-corrected chi connectivity index (χ0v) is 10.3. The minimum atomic E-state index is 0.639. The lowest BCUT2D eigenvalue weighted by atomic mass is 10.1. The van der Waals surface area contributed by atoms with Gasteiger partial charge in [-0.1, -0.05) is 19.1 Å². The number of hydrogen-bond donors (Lipinski definition) is 1. The van der Waals surface area contributed by atoms with E-state index in [1.165, 1.54) is 17.7 Å². The molecule has 1 N–H and O–H groups in total. The molecule has 16 heavy (non-hydrogen) atoms. The second kappa shape index (κ2) is 5.38. The van der Waals surface area contributed by atoms with Crippen LogP contribution in [0.15, 0.2) is 24.3 Å². The summed E-state index contributed by atoms with van der Waals surface area (Å²) < 4.78 is 0. The van der Waals surface area contributed by atoms with E-state index in [1.807, 2.05) is 36.0 Å². The molecule has 1 fully saturated rings. The molecular weight excluding hydrogens is 216 g/mol. The number of rotatable bonds is 3. The Morgan fingerprint density at radius 2 is 2.19 bits per heavy atom. The summed E-state index contributed by atoms with van der Waals surface area (Å²) in [5.41, 5.74) is 1.98. The van der Waals surface area contributed by atoms with E-state index in [0.717, 1.165) is 17.4 Å². The first-order chi connectivity index (χ1) is 7.79. The third-order valence-corrected chi connectivity index (χ3v) is 4.35. The minimum absolute atomic E-state index is 0.639. The van der Waals surface area contributed by atoms with Crippen LogP contribution in [0.25, 0.3) is 0 Å². The predicted octanol–water partition coefficient (Wildman–Crippen LogP) is 2.54. The molecule has 0 amide bonds. The first kappa shape index (κ1) is 11.5. The Labute approximate surface area is 101 Å². The normalized spacial score (nSPS) is 24.2. The van der Waals surface area contributed by atoms with Crippen LogP contribution in [0.2, 0.25) is 0 Å². The largest absolute Gasteiger partial charge is 0.309 e. The van der Waals surface area contributed by atoms with Gasteiger partial charge in [0.1, 0.15) is 0 Å². The van der Waals surface area contributed by atoms with Crippen LogP contribution in [0, 0.1) is 11.3 Å². The second-order valence-corrected chi connectivity index (χ2v) is 5.65. The van der Waals surface area contributed by atoms with E-state index >= 15 is 0 Å². The Hall–Kier alpha value is -0.980. The van der Waals surface area contributed by atoms with Gasteiger partial charge < -0.3 is 5.32 Å². The number of nitriles is 1. The molecule has 0 radical (unpaired) electrons. The van der Waals surface area contributed by atoms with E-state index in [-0.39, 0.29) is 0 Å². The van der Waals surface area contributed by atoms with E-state index in [1.54, 1.807) is 0 Å². The maximum Gasteiger partial charge on any atom is 0.0991 e. The summed E-state index contributed by atoms with van der Waals surface area (Å²) in [5, 5.41) is 13.0. The highest BCUT2D eigenvalue weighted by molar-refractivity contribution is 8.00. The first-order valence-electron chi connectivity index (χ1n) is 5.63. The standard InChI is InChI=1S/C13H16N2S/c1-10-13(6-7-16-10)15-9-12-4-2-11(8-14)3-5-12/h2-5,10,13,15H,6-7,9H2,1H3. The molecule has 0 bridgehead atoms. The van der Waals surface area contributed by atoms with Crippen molar-refractivity contribution in [3.8, 4) is 6.07 Å². The summed E-state index contributed by atoms with van der Waals surface area (Å²) in [4.78, 5) is 0. The molecule has 2 nitrogen and oxygen atoms in total. The molecule has 2 rings (SSSR count). The second-order valence-electron chi connectivity index (χ2n) is 4.16. The average Bonchev–Trinajstić information content (AvgIpc) is 2.73. The Balaban J connectivity index is 1.87. The maximum absolute atomic E-state index is 8.70. The molecule has 1 aliphatic heterocycles. The van der Waals surface area contributed by atoms with Crippen molar-refractivity contribution in [1.29, 1.82) is 5.26 Å². The lowest BCUT2D eigenvalue weighted by Crippen LogP contribution is -2.32. The molecule has 1 aromatic rings. The SMILES string of the molecule is CC1SCCC1NCc1ccc(C#N)cc1. The van der Waals surface area contributed by atoms with E-state index in [4.69, 9.17) is 5.26 Å². The van der Waals surface area contributed by atoms with E-state index in [2.05, 4.69) is 18.3 Å². The summed E-state index contributed by atoms with van der Waals surface area (Å²) in [6, 6.07) is 10.6. The zero-order chi connectivity index (χ0) is 11.4. The van der Waals surface area contributed by atoms with Crippen LogP contribution >= 0.6 is 11.8 Å². The zero-order valence-electron chi connectivity index (χ0n) is 9.44. The number of nitrogens with zero attached hydrogens (tertiary/aromatic N) is 1. The van der Waals surface area contributed by atoms with Crippen LogP contribution in [0.4, 0.5) is 0 Å². The minimum Gasteiger partial charge on any atom is -0.309 e. The van der Waals surface area contributed by atoms with E-state index < -0.39 is 0 Å². The van der Waals surface area contributed by atoms with Crippen LogP contribution in [0.1, 0.15) is 24.5 Å². The van der Waals surface area contributed by atoms with Crippen LogP contribution in [0.3, 0.4) is 0 Å². The Morgan fingerprint density at radius 1 is 1.44 bits per heavy atom. The van der Waals surface area contributed by atoms with E-state index in [0.29, 0.717) is 6.04 Å². The molecule has 3 heteroatoms. The van der Waals surface area contributed by atoms with Gasteiger partial charge in [-0.2, -0.15) is 17.0 Å². The molecule has 0 aliphatic carbocycles. The highest BCUT2D eigenvalue weighted by Crippen LogP contribution is 2.26. The fourth-order valence-corrected chi connectivity index (χ4v) is 3.17. The van der Waals surface area contributed by atoms with Gasteiger partial charge in [0.25, 0.3) is 0 Å². The van der Waals surface area contributed by atoms with Gasteiger partial charge in [-0.15, -0.1) is 0 Å². The van der Waals surface area contributed by atoms with Crippen molar-refractivity contribution in [1.82, 2.24) is 5.32 Å². The summed E-state index contributed by atoms with van der Waals surface area (Å²) in [6.45, 7) is 3.19. The van der Waals surface area contributed by atoms with Crippen molar-refractivity contribution in [3.05, 3.63) is 35.4 Å². The molecule has 1 aromatic carbocycles. The van der Waals surface area contributed by atoms with Gasteiger partial charge in [0.05, 0.1) is 11.6 Å². The topological polar surface area (TPSA) is 35.8 Å². The summed E-state index contributed by atoms with van der Waals surface area (Å²) >= 11 is 2.04. The van der Waals surface area contributed by atoms with Gasteiger partial charge in [-0.05, 0) is 29.9 Å². The fourth-order valence-electron chi connectivity index (χ4n) is 1.95. The number of hydrogen-bond acceptors (Lipinski definition) is 3. The molecule has 84 valence electrons. The van der Waals surface area contributed by atoms with Crippen molar-refractivity contribution in [2.24, 2.45) is 0 Å². The Bertz CT molecular complexity index is 380. The van der Waals surface area contributed by atoms with Gasteiger partial charge in [-0.3, -0.25) is 0 Å². The van der Waals surface area contributed by atoms with Crippen molar-refractivity contribution in [2.45, 2.75) is 31.2 Å². The highest BCUT2D eigenvalue weighted by atomic mass is 32.2. The lowest BCUT2D eigenvalue weighted by Gasteiger charge is -2.16. The predicted molar refractivity (Wildman–Crippen MR) is 68.3 cm³/mol. The van der Waals surface area contributed by atoms with Gasteiger partial charge in [0.15, 0.2) is 0 Å². The van der Waals surface area contributed by atoms with Gasteiger partial charge in [-0.25, -0.2) is 0 Å². The van der Waals surface area contributed by atoms with Crippen LogP contribution in [0.5, 0.6) is 0 Å². The quantitative estimate of drug-likeness (QED) is 0.870. The Morgan fingerprint density at radius 3 is 2.75 bits per heavy atom. The number of thioether (sulfide) groups is 1.